The Morgan fingerprint density at radius 3 is 2.53 bits per heavy atom. The van der Waals surface area contributed by atoms with Gasteiger partial charge in [0.25, 0.3) is 0 Å². The van der Waals surface area contributed by atoms with E-state index in [1.165, 1.54) is 0 Å². The molecule has 1 aliphatic carbocycles. The molecular formula is C14H27N3O2. The van der Waals surface area contributed by atoms with Crippen LogP contribution in [0.3, 0.4) is 0 Å². The van der Waals surface area contributed by atoms with E-state index in [9.17, 15) is 4.79 Å². The number of hydrogen-bond donors (Lipinski definition) is 2. The maximum absolute atomic E-state index is 12.0. The number of piperazine rings is 1. The average Bonchev–Trinajstić information content (AvgIpc) is 3.23. The van der Waals surface area contributed by atoms with Crippen LogP contribution in [0.1, 0.15) is 32.6 Å². The summed E-state index contributed by atoms with van der Waals surface area (Å²) in [5, 5.41) is 11.9. The lowest BCUT2D eigenvalue weighted by Gasteiger charge is -2.37. The Hall–Kier alpha value is -0.650. The van der Waals surface area contributed by atoms with Gasteiger partial charge in [-0.3, -0.25) is 9.69 Å². The Morgan fingerprint density at radius 2 is 1.95 bits per heavy atom. The smallest absolute Gasteiger partial charge is 0.237 e. The van der Waals surface area contributed by atoms with Crippen molar-refractivity contribution >= 4 is 5.91 Å². The molecule has 5 nitrogen and oxygen atoms in total. The largest absolute Gasteiger partial charge is 0.396 e. The van der Waals surface area contributed by atoms with Crippen LogP contribution in [0.5, 0.6) is 0 Å². The zero-order chi connectivity index (χ0) is 13.7. The molecular weight excluding hydrogens is 242 g/mol. The summed E-state index contributed by atoms with van der Waals surface area (Å²) < 4.78 is 0. The molecule has 19 heavy (non-hydrogen) atoms. The van der Waals surface area contributed by atoms with Crippen LogP contribution in [0.15, 0.2) is 0 Å². The summed E-state index contributed by atoms with van der Waals surface area (Å²) in [7, 11) is 0. The molecule has 0 bridgehead atoms. The van der Waals surface area contributed by atoms with E-state index in [0.29, 0.717) is 12.6 Å². The highest BCUT2D eigenvalue weighted by Crippen LogP contribution is 2.19. The molecule has 2 aliphatic rings. The molecule has 0 aromatic rings. The molecule has 1 aliphatic heterocycles. The standard InChI is InChI=1S/C14H27N3O2/c1-12(14(19)15-13-4-5-13)17-9-7-16(8-10-17)6-2-3-11-18/h12-13,18H,2-11H2,1H3,(H,15,19). The molecule has 1 amide bonds. The summed E-state index contributed by atoms with van der Waals surface area (Å²) in [6, 6.07) is 0.454. The third-order valence-electron chi connectivity index (χ3n) is 4.14. The van der Waals surface area contributed by atoms with E-state index < -0.39 is 0 Å². The number of aliphatic hydroxyl groups excluding tert-OH is 1. The SMILES string of the molecule is CC(C(=O)NC1CC1)N1CCN(CCCCO)CC1. The summed E-state index contributed by atoms with van der Waals surface area (Å²) >= 11 is 0. The summed E-state index contributed by atoms with van der Waals surface area (Å²) in [6.45, 7) is 7.38. The van der Waals surface area contributed by atoms with Crippen LogP contribution in [-0.4, -0.2) is 72.2 Å². The van der Waals surface area contributed by atoms with Crippen molar-refractivity contribution in [1.29, 1.82) is 0 Å². The zero-order valence-electron chi connectivity index (χ0n) is 12.0. The molecule has 1 atom stereocenters. The first kappa shape index (κ1) is 14.8. The first-order valence-electron chi connectivity index (χ1n) is 7.58. The van der Waals surface area contributed by atoms with E-state index in [1.807, 2.05) is 6.92 Å². The first-order chi connectivity index (χ1) is 9.20. The minimum Gasteiger partial charge on any atom is -0.396 e. The molecule has 1 saturated carbocycles. The molecule has 1 saturated heterocycles. The van der Waals surface area contributed by atoms with Gasteiger partial charge >= 0.3 is 0 Å². The maximum Gasteiger partial charge on any atom is 0.237 e. The topological polar surface area (TPSA) is 55.8 Å². The zero-order valence-corrected chi connectivity index (χ0v) is 12.0. The number of aliphatic hydroxyl groups is 1. The van der Waals surface area contributed by atoms with Gasteiger partial charge in [-0.25, -0.2) is 0 Å². The summed E-state index contributed by atoms with van der Waals surface area (Å²) in [6.07, 6.45) is 4.25. The molecule has 5 heteroatoms. The lowest BCUT2D eigenvalue weighted by atomic mass is 10.2. The van der Waals surface area contributed by atoms with Gasteiger partial charge in [0.15, 0.2) is 0 Å². The number of rotatable bonds is 7. The fraction of sp³-hybridized carbons (Fsp3) is 0.929. The minimum absolute atomic E-state index is 0.000178. The molecule has 110 valence electrons. The van der Waals surface area contributed by atoms with Gasteiger partial charge in [0, 0.05) is 38.8 Å². The van der Waals surface area contributed by atoms with Gasteiger partial charge in [0.2, 0.25) is 5.91 Å². The minimum atomic E-state index is 0.000178. The lowest BCUT2D eigenvalue weighted by Crippen LogP contribution is -2.54. The Labute approximate surface area is 115 Å². The lowest BCUT2D eigenvalue weighted by molar-refractivity contribution is -0.126. The molecule has 2 rings (SSSR count). The summed E-state index contributed by atoms with van der Waals surface area (Å²) in [5.41, 5.74) is 0. The van der Waals surface area contributed by atoms with Crippen LogP contribution in [0, 0.1) is 0 Å². The van der Waals surface area contributed by atoms with Crippen molar-refractivity contribution in [3.63, 3.8) is 0 Å². The van der Waals surface area contributed by atoms with Crippen molar-refractivity contribution in [2.24, 2.45) is 0 Å². The third kappa shape index (κ3) is 4.75. The van der Waals surface area contributed by atoms with Crippen LogP contribution in [-0.2, 0) is 4.79 Å². The second-order valence-electron chi connectivity index (χ2n) is 5.77. The Kier molecular flexibility index (Phi) is 5.60. The van der Waals surface area contributed by atoms with Gasteiger partial charge in [-0.05, 0) is 39.2 Å². The van der Waals surface area contributed by atoms with Gasteiger partial charge in [0.05, 0.1) is 6.04 Å². The van der Waals surface area contributed by atoms with Crippen molar-refractivity contribution in [3.8, 4) is 0 Å². The molecule has 2 fully saturated rings. The predicted molar refractivity (Wildman–Crippen MR) is 75.0 cm³/mol. The van der Waals surface area contributed by atoms with Crippen LogP contribution in [0.2, 0.25) is 0 Å². The Morgan fingerprint density at radius 1 is 1.26 bits per heavy atom. The van der Waals surface area contributed by atoms with E-state index >= 15 is 0 Å². The fourth-order valence-corrected chi connectivity index (χ4v) is 2.54. The number of carbonyl (C=O) groups is 1. The van der Waals surface area contributed by atoms with Gasteiger partial charge < -0.3 is 15.3 Å². The number of amides is 1. The van der Waals surface area contributed by atoms with E-state index in [4.69, 9.17) is 5.11 Å². The second kappa shape index (κ2) is 7.22. The second-order valence-corrected chi connectivity index (χ2v) is 5.77. The first-order valence-corrected chi connectivity index (χ1v) is 7.58. The van der Waals surface area contributed by atoms with E-state index in [2.05, 4.69) is 15.1 Å². The van der Waals surface area contributed by atoms with Crippen LogP contribution in [0.25, 0.3) is 0 Å². The van der Waals surface area contributed by atoms with E-state index in [-0.39, 0.29) is 11.9 Å². The fourth-order valence-electron chi connectivity index (χ4n) is 2.54. The molecule has 0 spiro atoms. The monoisotopic (exact) mass is 269 g/mol. The van der Waals surface area contributed by atoms with Crippen molar-refractivity contribution in [2.75, 3.05) is 39.3 Å². The third-order valence-corrected chi connectivity index (χ3v) is 4.14. The Bertz CT molecular complexity index is 286. The number of nitrogens with zero attached hydrogens (tertiary/aromatic N) is 2. The molecule has 1 unspecified atom stereocenters. The van der Waals surface area contributed by atoms with Crippen molar-refractivity contribution in [1.82, 2.24) is 15.1 Å². The van der Waals surface area contributed by atoms with Crippen LogP contribution >= 0.6 is 0 Å². The molecule has 0 aromatic heterocycles. The number of nitrogens with one attached hydrogen (secondary N) is 1. The van der Waals surface area contributed by atoms with Gasteiger partial charge in [-0.15, -0.1) is 0 Å². The normalized spacial score (nSPS) is 23.3. The number of carbonyl (C=O) groups excluding carboxylic acids is 1. The highest BCUT2D eigenvalue weighted by Gasteiger charge is 2.29. The van der Waals surface area contributed by atoms with Crippen molar-refractivity contribution in [2.45, 2.75) is 44.7 Å². The van der Waals surface area contributed by atoms with E-state index in [0.717, 1.165) is 58.4 Å². The number of unbranched alkanes of at least 4 members (excludes halogenated alkanes) is 1. The Balaban J connectivity index is 1.65. The van der Waals surface area contributed by atoms with Gasteiger partial charge in [-0.1, -0.05) is 0 Å². The highest BCUT2D eigenvalue weighted by atomic mass is 16.2. The molecule has 0 radical (unpaired) electrons. The molecule has 2 N–H and O–H groups in total. The van der Waals surface area contributed by atoms with Gasteiger partial charge in [0.1, 0.15) is 0 Å². The van der Waals surface area contributed by atoms with E-state index in [1.54, 1.807) is 0 Å². The number of hydrogen-bond acceptors (Lipinski definition) is 4. The molecule has 0 aromatic carbocycles. The van der Waals surface area contributed by atoms with Crippen molar-refractivity contribution in [3.05, 3.63) is 0 Å². The van der Waals surface area contributed by atoms with Gasteiger partial charge in [-0.2, -0.15) is 0 Å². The van der Waals surface area contributed by atoms with Crippen molar-refractivity contribution < 1.29 is 9.90 Å². The van der Waals surface area contributed by atoms with Crippen LogP contribution < -0.4 is 5.32 Å². The maximum atomic E-state index is 12.0. The average molecular weight is 269 g/mol. The highest BCUT2D eigenvalue weighted by molar-refractivity contribution is 5.81. The summed E-state index contributed by atoms with van der Waals surface area (Å²) in [5.74, 6) is 0.191. The quantitative estimate of drug-likeness (QED) is 0.641. The van der Waals surface area contributed by atoms with Crippen LogP contribution in [0.4, 0.5) is 0 Å². The summed E-state index contributed by atoms with van der Waals surface area (Å²) in [4.78, 5) is 16.7. The predicted octanol–water partition coefficient (Wildman–Crippen LogP) is 0.0436. The molecule has 1 heterocycles.